The second-order valence-corrected chi connectivity index (χ2v) is 4.83. The molecule has 1 unspecified atom stereocenters. The molecule has 100 valence electrons. The molecule has 0 fully saturated rings. The van der Waals surface area contributed by atoms with Gasteiger partial charge in [-0.1, -0.05) is 17.7 Å². The van der Waals surface area contributed by atoms with E-state index in [0.29, 0.717) is 24.0 Å². The third kappa shape index (κ3) is 2.43. The van der Waals surface area contributed by atoms with Crippen molar-refractivity contribution in [2.45, 2.75) is 25.8 Å². The highest BCUT2D eigenvalue weighted by Crippen LogP contribution is 2.26. The van der Waals surface area contributed by atoms with E-state index in [4.69, 9.17) is 0 Å². The largest absolute Gasteiger partial charge is 0.269 e. The standard InChI is InChI=1S/C15H16FNO2/c1-10(2)7-8-11(9-16)17-14(18)12-5-3-4-6-13(12)15(17)19/h3-6,11H,1,7-9H2,2H3. The minimum absolute atomic E-state index is 0.362. The Morgan fingerprint density at radius 2 is 1.79 bits per heavy atom. The minimum atomic E-state index is -0.723. The number of nitrogens with zero attached hydrogens (tertiary/aromatic N) is 1. The molecule has 2 rings (SSSR count). The van der Waals surface area contributed by atoms with Crippen molar-refractivity contribution in [1.29, 1.82) is 0 Å². The van der Waals surface area contributed by atoms with Crippen molar-refractivity contribution in [3.05, 3.63) is 47.5 Å². The van der Waals surface area contributed by atoms with Crippen molar-refractivity contribution in [2.75, 3.05) is 6.67 Å². The lowest BCUT2D eigenvalue weighted by atomic mass is 10.1. The Hall–Kier alpha value is -1.97. The molecule has 2 amide bonds. The molecule has 1 aliphatic heterocycles. The molecule has 1 aromatic carbocycles. The van der Waals surface area contributed by atoms with Crippen LogP contribution >= 0.6 is 0 Å². The summed E-state index contributed by atoms with van der Waals surface area (Å²) in [7, 11) is 0. The predicted molar refractivity (Wildman–Crippen MR) is 70.8 cm³/mol. The quantitative estimate of drug-likeness (QED) is 0.603. The maximum Gasteiger partial charge on any atom is 0.261 e. The van der Waals surface area contributed by atoms with Crippen molar-refractivity contribution in [1.82, 2.24) is 4.90 Å². The van der Waals surface area contributed by atoms with Crippen molar-refractivity contribution < 1.29 is 14.0 Å². The highest BCUT2D eigenvalue weighted by molar-refractivity contribution is 6.21. The first-order valence-electron chi connectivity index (χ1n) is 6.23. The maximum atomic E-state index is 13.2. The van der Waals surface area contributed by atoms with E-state index >= 15 is 0 Å². The first-order valence-corrected chi connectivity index (χ1v) is 6.23. The highest BCUT2D eigenvalue weighted by Gasteiger charge is 2.39. The van der Waals surface area contributed by atoms with Crippen LogP contribution in [0.3, 0.4) is 0 Å². The summed E-state index contributed by atoms with van der Waals surface area (Å²) in [4.78, 5) is 25.4. The number of amides is 2. The number of fused-ring (bicyclic) bond motifs is 1. The Bertz CT molecular complexity index is 504. The van der Waals surface area contributed by atoms with Crippen LogP contribution in [0.15, 0.2) is 36.4 Å². The number of alkyl halides is 1. The fraction of sp³-hybridized carbons (Fsp3) is 0.333. The first kappa shape index (κ1) is 13.5. The number of allylic oxidation sites excluding steroid dienone is 1. The molecule has 1 aromatic rings. The predicted octanol–water partition coefficient (Wildman–Crippen LogP) is 2.98. The van der Waals surface area contributed by atoms with Crippen molar-refractivity contribution >= 4 is 11.8 Å². The van der Waals surface area contributed by atoms with E-state index in [2.05, 4.69) is 6.58 Å². The fourth-order valence-corrected chi connectivity index (χ4v) is 2.23. The van der Waals surface area contributed by atoms with Crippen molar-refractivity contribution in [2.24, 2.45) is 0 Å². The van der Waals surface area contributed by atoms with E-state index in [1.165, 1.54) is 0 Å². The summed E-state index contributed by atoms with van der Waals surface area (Å²) < 4.78 is 13.2. The summed E-state index contributed by atoms with van der Waals surface area (Å²) in [5.41, 5.74) is 1.64. The summed E-state index contributed by atoms with van der Waals surface area (Å²) in [5, 5.41) is 0. The van der Waals surface area contributed by atoms with E-state index in [-0.39, 0.29) is 0 Å². The van der Waals surface area contributed by atoms with Crippen LogP contribution in [0.25, 0.3) is 0 Å². The van der Waals surface area contributed by atoms with Gasteiger partial charge in [-0.05, 0) is 31.9 Å². The van der Waals surface area contributed by atoms with Crippen LogP contribution in [0, 0.1) is 0 Å². The van der Waals surface area contributed by atoms with Gasteiger partial charge in [0.15, 0.2) is 0 Å². The van der Waals surface area contributed by atoms with Gasteiger partial charge in [-0.3, -0.25) is 14.5 Å². The topological polar surface area (TPSA) is 37.4 Å². The van der Waals surface area contributed by atoms with Crippen molar-refractivity contribution in [3.8, 4) is 0 Å². The third-order valence-corrected chi connectivity index (χ3v) is 3.27. The van der Waals surface area contributed by atoms with E-state index in [1.807, 2.05) is 6.92 Å². The number of hydrogen-bond donors (Lipinski definition) is 0. The normalized spacial score (nSPS) is 15.6. The lowest BCUT2D eigenvalue weighted by Gasteiger charge is -2.23. The second-order valence-electron chi connectivity index (χ2n) is 4.83. The number of carbonyl (C=O) groups excluding carboxylic acids is 2. The van der Waals surface area contributed by atoms with Gasteiger partial charge in [0.1, 0.15) is 6.67 Å². The van der Waals surface area contributed by atoms with Gasteiger partial charge in [-0.25, -0.2) is 4.39 Å². The molecule has 4 heteroatoms. The van der Waals surface area contributed by atoms with Crippen LogP contribution < -0.4 is 0 Å². The molecule has 0 saturated carbocycles. The summed E-state index contributed by atoms with van der Waals surface area (Å²) in [5.74, 6) is -0.796. The minimum Gasteiger partial charge on any atom is -0.269 e. The second kappa shape index (κ2) is 5.34. The zero-order chi connectivity index (χ0) is 14.0. The molecule has 0 saturated heterocycles. The maximum absolute atomic E-state index is 13.2. The third-order valence-electron chi connectivity index (χ3n) is 3.27. The summed E-state index contributed by atoms with van der Waals surface area (Å²) in [6.45, 7) is 4.88. The van der Waals surface area contributed by atoms with Crippen LogP contribution in [0.4, 0.5) is 4.39 Å². The number of carbonyl (C=O) groups is 2. The Labute approximate surface area is 111 Å². The van der Waals surface area contributed by atoms with Gasteiger partial charge in [0, 0.05) is 0 Å². The van der Waals surface area contributed by atoms with Crippen LogP contribution in [0.2, 0.25) is 0 Å². The molecule has 0 bridgehead atoms. The summed E-state index contributed by atoms with van der Waals surface area (Å²) in [6.07, 6.45) is 1.01. The highest BCUT2D eigenvalue weighted by atomic mass is 19.1. The number of hydrogen-bond acceptors (Lipinski definition) is 2. The molecule has 0 aromatic heterocycles. The Kier molecular flexibility index (Phi) is 3.79. The average Bonchev–Trinajstić information content (AvgIpc) is 2.65. The molecule has 1 heterocycles. The van der Waals surface area contributed by atoms with E-state index in [0.717, 1.165) is 10.5 Å². The van der Waals surface area contributed by atoms with Crippen molar-refractivity contribution in [3.63, 3.8) is 0 Å². The lowest BCUT2D eigenvalue weighted by molar-refractivity contribution is 0.0550. The van der Waals surface area contributed by atoms with Gasteiger partial charge in [0.05, 0.1) is 17.2 Å². The average molecular weight is 261 g/mol. The van der Waals surface area contributed by atoms with Gasteiger partial charge >= 0.3 is 0 Å². The van der Waals surface area contributed by atoms with Gasteiger partial charge in [0.25, 0.3) is 11.8 Å². The first-order chi connectivity index (χ1) is 9.06. The van der Waals surface area contributed by atoms with Gasteiger partial charge < -0.3 is 0 Å². The number of rotatable bonds is 5. The molecule has 0 radical (unpaired) electrons. The SMILES string of the molecule is C=C(C)CCC(CF)N1C(=O)c2ccccc2C1=O. The zero-order valence-electron chi connectivity index (χ0n) is 10.9. The van der Waals surface area contributed by atoms with E-state index < -0.39 is 24.5 Å². The molecule has 1 atom stereocenters. The monoisotopic (exact) mass is 261 g/mol. The number of imide groups is 1. The number of halogens is 1. The molecule has 1 aliphatic rings. The molecule has 0 N–H and O–H groups in total. The van der Waals surface area contributed by atoms with Crippen LogP contribution in [-0.2, 0) is 0 Å². The van der Waals surface area contributed by atoms with Gasteiger partial charge in [-0.15, -0.1) is 6.58 Å². The Balaban J connectivity index is 2.24. The van der Waals surface area contributed by atoms with Crippen LogP contribution in [0.5, 0.6) is 0 Å². The lowest BCUT2D eigenvalue weighted by Crippen LogP contribution is -2.41. The van der Waals surface area contributed by atoms with Gasteiger partial charge in [0.2, 0.25) is 0 Å². The van der Waals surface area contributed by atoms with Crippen LogP contribution in [0.1, 0.15) is 40.5 Å². The zero-order valence-corrected chi connectivity index (χ0v) is 10.9. The molecular formula is C15H16FNO2. The Morgan fingerprint density at radius 3 is 2.21 bits per heavy atom. The molecule has 3 nitrogen and oxygen atoms in total. The van der Waals surface area contributed by atoms with Crippen LogP contribution in [-0.4, -0.2) is 29.4 Å². The fourth-order valence-electron chi connectivity index (χ4n) is 2.23. The molecule has 19 heavy (non-hydrogen) atoms. The van der Waals surface area contributed by atoms with Gasteiger partial charge in [-0.2, -0.15) is 0 Å². The molecule has 0 spiro atoms. The summed E-state index contributed by atoms with van der Waals surface area (Å²) in [6, 6.07) is 5.90. The number of benzene rings is 1. The summed E-state index contributed by atoms with van der Waals surface area (Å²) >= 11 is 0. The molecule has 0 aliphatic carbocycles. The Morgan fingerprint density at radius 1 is 1.26 bits per heavy atom. The van der Waals surface area contributed by atoms with E-state index in [1.54, 1.807) is 24.3 Å². The van der Waals surface area contributed by atoms with E-state index in [9.17, 15) is 14.0 Å². The molecular weight excluding hydrogens is 245 g/mol. The smallest absolute Gasteiger partial charge is 0.261 e.